The molecular formula is C26H25N3O6. The molecule has 1 aliphatic carbocycles. The third kappa shape index (κ3) is 4.37. The molecule has 2 amide bonds. The monoisotopic (exact) mass is 475 g/mol. The Balaban J connectivity index is 1.21. The van der Waals surface area contributed by atoms with Gasteiger partial charge in [0, 0.05) is 12.5 Å². The van der Waals surface area contributed by atoms with Crippen molar-refractivity contribution >= 4 is 18.0 Å². The molecule has 9 nitrogen and oxygen atoms in total. The zero-order valence-electron chi connectivity index (χ0n) is 19.0. The molecule has 1 atom stereocenters. The number of alkyl carbamates (subject to hydrolysis) is 1. The average molecular weight is 476 g/mol. The van der Waals surface area contributed by atoms with Gasteiger partial charge >= 0.3 is 12.1 Å². The Morgan fingerprint density at radius 3 is 2.43 bits per heavy atom. The van der Waals surface area contributed by atoms with Gasteiger partial charge in [0.25, 0.3) is 5.91 Å². The van der Waals surface area contributed by atoms with Gasteiger partial charge in [-0.25, -0.2) is 9.59 Å². The SMILES string of the molecule is O=C(NCc1nocc1C(=O)N1CCCC[C@@H]1C(=O)O)OCC1c2ccccc2-c2ccccc21. The highest BCUT2D eigenvalue weighted by molar-refractivity contribution is 5.97. The number of fused-ring (bicyclic) bond motifs is 3. The van der Waals surface area contributed by atoms with Gasteiger partial charge < -0.3 is 24.6 Å². The van der Waals surface area contributed by atoms with E-state index in [1.165, 1.54) is 11.2 Å². The molecule has 9 heteroatoms. The Morgan fingerprint density at radius 2 is 1.74 bits per heavy atom. The molecule has 0 spiro atoms. The van der Waals surface area contributed by atoms with Crippen LogP contribution in [0.5, 0.6) is 0 Å². The fourth-order valence-corrected chi connectivity index (χ4v) is 4.95. The summed E-state index contributed by atoms with van der Waals surface area (Å²) in [6.45, 7) is 0.429. The fourth-order valence-electron chi connectivity index (χ4n) is 4.95. The lowest BCUT2D eigenvalue weighted by Crippen LogP contribution is -2.48. The maximum Gasteiger partial charge on any atom is 0.407 e. The van der Waals surface area contributed by atoms with Crippen molar-refractivity contribution in [3.8, 4) is 11.1 Å². The molecule has 180 valence electrons. The molecule has 1 saturated heterocycles. The third-order valence-electron chi connectivity index (χ3n) is 6.67. The minimum atomic E-state index is -1.03. The molecule has 2 aromatic carbocycles. The number of aliphatic carboxylic acids is 1. The molecule has 3 aromatic rings. The summed E-state index contributed by atoms with van der Waals surface area (Å²) < 4.78 is 10.5. The summed E-state index contributed by atoms with van der Waals surface area (Å²) in [5.41, 5.74) is 4.86. The number of carboxylic acid groups (broad SMARTS) is 1. The molecule has 2 heterocycles. The summed E-state index contributed by atoms with van der Waals surface area (Å²) in [5.74, 6) is -1.57. The van der Waals surface area contributed by atoms with Gasteiger partial charge in [-0.2, -0.15) is 0 Å². The number of aromatic nitrogens is 1. The summed E-state index contributed by atoms with van der Waals surface area (Å²) >= 11 is 0. The van der Waals surface area contributed by atoms with Crippen molar-refractivity contribution < 1.29 is 28.8 Å². The van der Waals surface area contributed by atoms with E-state index >= 15 is 0 Å². The Kier molecular flexibility index (Phi) is 6.22. The van der Waals surface area contributed by atoms with E-state index in [9.17, 15) is 19.5 Å². The van der Waals surface area contributed by atoms with Crippen LogP contribution in [-0.4, -0.2) is 52.3 Å². The number of carbonyl (C=O) groups excluding carboxylic acids is 2. The number of ether oxygens (including phenoxy) is 1. The fraction of sp³-hybridized carbons (Fsp3) is 0.308. The van der Waals surface area contributed by atoms with Crippen LogP contribution < -0.4 is 5.32 Å². The lowest BCUT2D eigenvalue weighted by Gasteiger charge is -2.32. The van der Waals surface area contributed by atoms with E-state index in [4.69, 9.17) is 9.26 Å². The van der Waals surface area contributed by atoms with Crippen molar-refractivity contribution in [2.24, 2.45) is 0 Å². The molecule has 0 unspecified atom stereocenters. The maximum absolute atomic E-state index is 13.0. The smallest absolute Gasteiger partial charge is 0.407 e. The van der Waals surface area contributed by atoms with Crippen LogP contribution in [0, 0.1) is 0 Å². The zero-order chi connectivity index (χ0) is 24.4. The van der Waals surface area contributed by atoms with Gasteiger partial charge in [0.15, 0.2) is 0 Å². The lowest BCUT2D eigenvalue weighted by atomic mass is 9.98. The minimum Gasteiger partial charge on any atom is -0.480 e. The van der Waals surface area contributed by atoms with Crippen molar-refractivity contribution in [3.05, 3.63) is 77.2 Å². The Morgan fingerprint density at radius 1 is 1.06 bits per heavy atom. The number of amides is 2. The molecule has 35 heavy (non-hydrogen) atoms. The first-order valence-corrected chi connectivity index (χ1v) is 11.6. The van der Waals surface area contributed by atoms with Crippen LogP contribution in [-0.2, 0) is 16.1 Å². The van der Waals surface area contributed by atoms with Gasteiger partial charge in [-0.3, -0.25) is 4.79 Å². The Labute approximate surface area is 201 Å². The Bertz CT molecular complexity index is 1220. The van der Waals surface area contributed by atoms with E-state index in [0.717, 1.165) is 35.1 Å². The van der Waals surface area contributed by atoms with Crippen molar-refractivity contribution in [3.63, 3.8) is 0 Å². The Hall–Kier alpha value is -4.14. The number of hydrogen-bond donors (Lipinski definition) is 2. The number of benzene rings is 2. The van der Waals surface area contributed by atoms with E-state index in [2.05, 4.69) is 22.6 Å². The highest BCUT2D eigenvalue weighted by atomic mass is 16.5. The number of carboxylic acids is 1. The van der Waals surface area contributed by atoms with Crippen LogP contribution in [0.2, 0.25) is 0 Å². The second-order valence-electron chi connectivity index (χ2n) is 8.70. The predicted octanol–water partition coefficient (Wildman–Crippen LogP) is 3.79. The molecule has 0 radical (unpaired) electrons. The van der Waals surface area contributed by atoms with E-state index in [-0.39, 0.29) is 30.3 Å². The second-order valence-corrected chi connectivity index (χ2v) is 8.70. The quantitative estimate of drug-likeness (QED) is 0.556. The van der Waals surface area contributed by atoms with Gasteiger partial charge in [0.1, 0.15) is 30.2 Å². The van der Waals surface area contributed by atoms with Gasteiger partial charge in [-0.05, 0) is 41.5 Å². The van der Waals surface area contributed by atoms with E-state index < -0.39 is 24.0 Å². The second kappa shape index (κ2) is 9.61. The molecular weight excluding hydrogens is 450 g/mol. The summed E-state index contributed by atoms with van der Waals surface area (Å²) in [5, 5.41) is 15.9. The third-order valence-corrected chi connectivity index (χ3v) is 6.67. The molecule has 2 N–H and O–H groups in total. The molecule has 2 aliphatic rings. The molecule has 1 aromatic heterocycles. The standard InChI is InChI=1S/C26H25N3O6/c30-24(29-12-6-5-11-23(29)25(31)32)21-15-35-28-22(21)13-27-26(33)34-14-20-18-9-3-1-7-16(18)17-8-2-4-10-19(17)20/h1-4,7-10,15,20,23H,5-6,11-14H2,(H,27,33)(H,31,32)/t23-/m1/s1. The summed E-state index contributed by atoms with van der Waals surface area (Å²) in [6, 6.07) is 15.3. The number of hydrogen-bond acceptors (Lipinski definition) is 6. The molecule has 1 aliphatic heterocycles. The van der Waals surface area contributed by atoms with Gasteiger partial charge in [-0.15, -0.1) is 0 Å². The highest BCUT2D eigenvalue weighted by Gasteiger charge is 2.34. The maximum atomic E-state index is 13.0. The highest BCUT2D eigenvalue weighted by Crippen LogP contribution is 2.44. The summed E-state index contributed by atoms with van der Waals surface area (Å²) in [4.78, 5) is 38.4. The normalized spacial score (nSPS) is 16.9. The first kappa shape index (κ1) is 22.6. The van der Waals surface area contributed by atoms with Crippen molar-refractivity contribution in [2.75, 3.05) is 13.2 Å². The summed E-state index contributed by atoms with van der Waals surface area (Å²) in [7, 11) is 0. The summed E-state index contributed by atoms with van der Waals surface area (Å²) in [6.07, 6.45) is 2.42. The number of likely N-dealkylation sites (tertiary alicyclic amines) is 1. The molecule has 5 rings (SSSR count). The van der Waals surface area contributed by atoms with Crippen LogP contribution in [0.1, 0.15) is 52.4 Å². The van der Waals surface area contributed by atoms with Crippen molar-refractivity contribution in [2.45, 2.75) is 37.8 Å². The lowest BCUT2D eigenvalue weighted by molar-refractivity contribution is -0.143. The number of piperidine rings is 1. The van der Waals surface area contributed by atoms with Crippen LogP contribution in [0.15, 0.2) is 59.3 Å². The first-order chi connectivity index (χ1) is 17.0. The van der Waals surface area contributed by atoms with Crippen molar-refractivity contribution in [1.82, 2.24) is 15.4 Å². The molecule has 1 fully saturated rings. The van der Waals surface area contributed by atoms with E-state index in [1.54, 1.807) is 0 Å². The minimum absolute atomic E-state index is 0.0654. The molecule has 0 saturated carbocycles. The van der Waals surface area contributed by atoms with Crippen LogP contribution in [0.25, 0.3) is 11.1 Å². The van der Waals surface area contributed by atoms with Crippen LogP contribution in [0.3, 0.4) is 0 Å². The molecule has 0 bridgehead atoms. The van der Waals surface area contributed by atoms with Crippen molar-refractivity contribution in [1.29, 1.82) is 0 Å². The van der Waals surface area contributed by atoms with Gasteiger partial charge in [-0.1, -0.05) is 53.7 Å². The topological polar surface area (TPSA) is 122 Å². The van der Waals surface area contributed by atoms with Gasteiger partial charge in [0.2, 0.25) is 0 Å². The zero-order valence-corrected chi connectivity index (χ0v) is 19.0. The number of nitrogens with one attached hydrogen (secondary N) is 1. The van der Waals surface area contributed by atoms with E-state index in [1.807, 2.05) is 36.4 Å². The number of carbonyl (C=O) groups is 3. The van der Waals surface area contributed by atoms with Crippen LogP contribution in [0.4, 0.5) is 4.79 Å². The largest absolute Gasteiger partial charge is 0.480 e. The van der Waals surface area contributed by atoms with E-state index in [0.29, 0.717) is 13.0 Å². The van der Waals surface area contributed by atoms with Gasteiger partial charge in [0.05, 0.1) is 6.54 Å². The number of nitrogens with zero attached hydrogens (tertiary/aromatic N) is 2. The van der Waals surface area contributed by atoms with Crippen LogP contribution >= 0.6 is 0 Å². The predicted molar refractivity (Wildman–Crippen MR) is 125 cm³/mol. The first-order valence-electron chi connectivity index (χ1n) is 11.6. The number of rotatable bonds is 6. The average Bonchev–Trinajstić information content (AvgIpc) is 3.48.